The number of amides is 1. The minimum atomic E-state index is -0.0662. The Bertz CT molecular complexity index is 1080. The monoisotopic (exact) mass is 473 g/mol. The molecule has 2 aliphatic rings. The number of anilines is 1. The molecule has 1 atom stereocenters. The smallest absolute Gasteiger partial charge is 0.231 e. The van der Waals surface area contributed by atoms with E-state index in [-0.39, 0.29) is 18.6 Å². The molecule has 2 aliphatic heterocycles. The maximum Gasteiger partial charge on any atom is 0.231 e. The predicted molar refractivity (Wildman–Crippen MR) is 107 cm³/mol. The van der Waals surface area contributed by atoms with Crippen molar-refractivity contribution in [1.29, 1.82) is 0 Å². The number of hydrogen-bond acceptors (Lipinski definition) is 3. The van der Waals surface area contributed by atoms with Crippen LogP contribution in [-0.2, 0) is 4.79 Å². The first-order valence-corrected chi connectivity index (χ1v) is 9.80. The Morgan fingerprint density at radius 1 is 0.923 bits per heavy atom. The summed E-state index contributed by atoms with van der Waals surface area (Å²) in [5, 5.41) is 5.19. The topological polar surface area (TPSA) is 47.6 Å². The number of carbonyl (C=O) groups excluding carboxylic acids is 1. The Morgan fingerprint density at radius 3 is 2.46 bits per heavy atom. The lowest BCUT2D eigenvalue weighted by Gasteiger charge is -2.28. The molecule has 26 heavy (non-hydrogen) atoms. The molecular formula is C20H13Br2NO3. The molecule has 0 fully saturated rings. The fraction of sp³-hybridized carbons (Fsp3) is 0.150. The summed E-state index contributed by atoms with van der Waals surface area (Å²) >= 11 is 7.34. The lowest BCUT2D eigenvalue weighted by molar-refractivity contribution is -0.116. The summed E-state index contributed by atoms with van der Waals surface area (Å²) in [4.78, 5) is 12.5. The molecule has 4 nitrogen and oxygen atoms in total. The highest BCUT2D eigenvalue weighted by Crippen LogP contribution is 2.47. The van der Waals surface area contributed by atoms with E-state index in [1.54, 1.807) is 0 Å². The lowest BCUT2D eigenvalue weighted by Crippen LogP contribution is -2.24. The van der Waals surface area contributed by atoms with Gasteiger partial charge in [0, 0.05) is 26.7 Å². The zero-order valence-electron chi connectivity index (χ0n) is 13.5. The highest BCUT2D eigenvalue weighted by molar-refractivity contribution is 9.11. The largest absolute Gasteiger partial charge is 0.454 e. The van der Waals surface area contributed by atoms with Gasteiger partial charge in [0.15, 0.2) is 11.5 Å². The molecule has 0 radical (unpaired) electrons. The number of nitrogens with one attached hydrogen (secondary N) is 1. The Labute approximate surface area is 166 Å². The Kier molecular flexibility index (Phi) is 3.72. The maximum absolute atomic E-state index is 12.5. The van der Waals surface area contributed by atoms with Gasteiger partial charge in [-0.15, -0.1) is 0 Å². The van der Waals surface area contributed by atoms with Crippen molar-refractivity contribution in [3.63, 3.8) is 0 Å². The average molecular weight is 475 g/mol. The maximum atomic E-state index is 12.5. The van der Waals surface area contributed by atoms with Gasteiger partial charge in [-0.05, 0) is 34.7 Å². The highest BCUT2D eigenvalue weighted by atomic mass is 79.9. The molecule has 1 unspecified atom stereocenters. The summed E-state index contributed by atoms with van der Waals surface area (Å²) in [5.41, 5.74) is 3.00. The van der Waals surface area contributed by atoms with Gasteiger partial charge < -0.3 is 14.8 Å². The predicted octanol–water partition coefficient (Wildman–Crippen LogP) is 5.57. The van der Waals surface area contributed by atoms with Crippen molar-refractivity contribution in [3.05, 3.63) is 62.5 Å². The van der Waals surface area contributed by atoms with Gasteiger partial charge in [-0.25, -0.2) is 0 Å². The van der Waals surface area contributed by atoms with Gasteiger partial charge in [0.2, 0.25) is 12.7 Å². The van der Waals surface area contributed by atoms with Crippen molar-refractivity contribution in [2.75, 3.05) is 12.1 Å². The van der Waals surface area contributed by atoms with Crippen LogP contribution in [0.3, 0.4) is 0 Å². The Balaban J connectivity index is 1.75. The van der Waals surface area contributed by atoms with Crippen molar-refractivity contribution in [2.24, 2.45) is 0 Å². The van der Waals surface area contributed by atoms with Crippen LogP contribution in [0.1, 0.15) is 23.5 Å². The van der Waals surface area contributed by atoms with Gasteiger partial charge in [-0.1, -0.05) is 56.1 Å². The van der Waals surface area contributed by atoms with Gasteiger partial charge in [-0.3, -0.25) is 4.79 Å². The standard InChI is InChI=1S/C20H13Br2NO3/c21-15-5-14-12(13-6-17-18(8-16(13)22)26-9-25-17)7-19(24)23-20(14)11-4-2-1-3-10(11)15/h1-6,8,12H,7,9H2,(H,23,24). The minimum Gasteiger partial charge on any atom is -0.454 e. The van der Waals surface area contributed by atoms with Crippen LogP contribution >= 0.6 is 31.9 Å². The van der Waals surface area contributed by atoms with E-state index in [0.29, 0.717) is 6.42 Å². The SMILES string of the molecule is O=C1CC(c2cc3c(cc2Br)OCO3)c2cc(Br)c3ccccc3c2N1. The van der Waals surface area contributed by atoms with Gasteiger partial charge >= 0.3 is 0 Å². The van der Waals surface area contributed by atoms with Crippen LogP contribution in [0.5, 0.6) is 11.5 Å². The number of ether oxygens (including phenoxy) is 2. The molecule has 0 spiro atoms. The van der Waals surface area contributed by atoms with Gasteiger partial charge in [0.05, 0.1) is 5.69 Å². The molecule has 3 aromatic rings. The zero-order chi connectivity index (χ0) is 17.8. The van der Waals surface area contributed by atoms with Crippen molar-refractivity contribution in [3.8, 4) is 11.5 Å². The normalized spacial score (nSPS) is 17.9. The van der Waals surface area contributed by atoms with E-state index in [9.17, 15) is 4.79 Å². The Hall–Kier alpha value is -2.05. The molecule has 1 N–H and O–H groups in total. The first kappa shape index (κ1) is 16.1. The quantitative estimate of drug-likeness (QED) is 0.501. The fourth-order valence-electron chi connectivity index (χ4n) is 3.73. The van der Waals surface area contributed by atoms with E-state index in [1.807, 2.05) is 36.4 Å². The number of halogens is 2. The first-order chi connectivity index (χ1) is 12.6. The van der Waals surface area contributed by atoms with Crippen LogP contribution in [0, 0.1) is 0 Å². The third-order valence-electron chi connectivity index (χ3n) is 4.92. The van der Waals surface area contributed by atoms with E-state index in [0.717, 1.165) is 48.0 Å². The lowest BCUT2D eigenvalue weighted by atomic mass is 9.83. The second-order valence-electron chi connectivity index (χ2n) is 6.40. The van der Waals surface area contributed by atoms with Gasteiger partial charge in [-0.2, -0.15) is 0 Å². The molecule has 130 valence electrons. The second kappa shape index (κ2) is 5.99. The zero-order valence-corrected chi connectivity index (χ0v) is 16.7. The molecule has 0 saturated carbocycles. The molecule has 0 bridgehead atoms. The highest BCUT2D eigenvalue weighted by Gasteiger charge is 2.31. The summed E-state index contributed by atoms with van der Waals surface area (Å²) in [7, 11) is 0. The molecule has 0 aromatic heterocycles. The minimum absolute atomic E-state index is 0.0135. The van der Waals surface area contributed by atoms with Crippen LogP contribution in [0.25, 0.3) is 10.8 Å². The van der Waals surface area contributed by atoms with E-state index >= 15 is 0 Å². The summed E-state index contributed by atoms with van der Waals surface area (Å²) in [6.07, 6.45) is 0.385. The third-order valence-corrected chi connectivity index (χ3v) is 6.26. The van der Waals surface area contributed by atoms with Crippen molar-refractivity contribution >= 4 is 54.2 Å². The number of fused-ring (bicyclic) bond motifs is 4. The molecule has 6 heteroatoms. The molecule has 0 aliphatic carbocycles. The number of carbonyl (C=O) groups is 1. The number of hydrogen-bond donors (Lipinski definition) is 1. The first-order valence-electron chi connectivity index (χ1n) is 8.22. The summed E-state index contributed by atoms with van der Waals surface area (Å²) in [6, 6.07) is 14.1. The molecule has 3 aromatic carbocycles. The van der Waals surface area contributed by atoms with E-state index in [2.05, 4.69) is 43.2 Å². The van der Waals surface area contributed by atoms with Crippen molar-refractivity contribution in [2.45, 2.75) is 12.3 Å². The van der Waals surface area contributed by atoms with E-state index in [4.69, 9.17) is 9.47 Å². The molecule has 5 rings (SSSR count). The molecule has 0 saturated heterocycles. The van der Waals surface area contributed by atoms with Crippen molar-refractivity contribution < 1.29 is 14.3 Å². The molecule has 1 amide bonds. The summed E-state index contributed by atoms with van der Waals surface area (Å²) in [5.74, 6) is 1.39. The van der Waals surface area contributed by atoms with Crippen LogP contribution in [0.4, 0.5) is 5.69 Å². The molecular weight excluding hydrogens is 462 g/mol. The second-order valence-corrected chi connectivity index (χ2v) is 8.11. The summed E-state index contributed by atoms with van der Waals surface area (Å²) in [6.45, 7) is 0.225. The number of rotatable bonds is 1. The van der Waals surface area contributed by atoms with Crippen LogP contribution in [0.15, 0.2) is 51.4 Å². The van der Waals surface area contributed by atoms with Crippen LogP contribution in [0.2, 0.25) is 0 Å². The fourth-order valence-corrected chi connectivity index (χ4v) is 4.92. The summed E-state index contributed by atoms with van der Waals surface area (Å²) < 4.78 is 12.9. The molecule has 2 heterocycles. The van der Waals surface area contributed by atoms with Crippen LogP contribution in [-0.4, -0.2) is 12.7 Å². The van der Waals surface area contributed by atoms with E-state index in [1.165, 1.54) is 0 Å². The average Bonchev–Trinajstić information content (AvgIpc) is 3.09. The van der Waals surface area contributed by atoms with Gasteiger partial charge in [0.1, 0.15) is 0 Å². The van der Waals surface area contributed by atoms with E-state index < -0.39 is 0 Å². The third kappa shape index (κ3) is 2.43. The van der Waals surface area contributed by atoms with Crippen LogP contribution < -0.4 is 14.8 Å². The Morgan fingerprint density at radius 2 is 1.65 bits per heavy atom. The van der Waals surface area contributed by atoms with Crippen molar-refractivity contribution in [1.82, 2.24) is 0 Å². The number of benzene rings is 3. The van der Waals surface area contributed by atoms with Gasteiger partial charge in [0.25, 0.3) is 0 Å².